The van der Waals surface area contributed by atoms with Crippen molar-refractivity contribution in [2.24, 2.45) is 11.7 Å². The van der Waals surface area contributed by atoms with Gasteiger partial charge in [0.2, 0.25) is 5.43 Å². The minimum Gasteiger partial charge on any atom is -0.477 e. The zero-order chi connectivity index (χ0) is 20.5. The molecule has 0 aliphatic carbocycles. The van der Waals surface area contributed by atoms with Crippen LogP contribution in [-0.4, -0.2) is 61.4 Å². The van der Waals surface area contributed by atoms with Gasteiger partial charge >= 0.3 is 5.97 Å². The van der Waals surface area contributed by atoms with Gasteiger partial charge in [0.05, 0.1) is 5.39 Å². The Morgan fingerprint density at radius 2 is 2.23 bits per heavy atom. The maximum absolute atomic E-state index is 15.3. The molecule has 30 heavy (non-hydrogen) atoms. The highest BCUT2D eigenvalue weighted by atomic mass is 35.5. The highest BCUT2D eigenvalue weighted by Crippen LogP contribution is 2.46. The molecule has 3 aliphatic heterocycles. The van der Waals surface area contributed by atoms with Gasteiger partial charge in [-0.15, -0.1) is 12.4 Å². The first kappa shape index (κ1) is 20.7. The van der Waals surface area contributed by atoms with Gasteiger partial charge in [-0.05, 0) is 12.5 Å². The van der Waals surface area contributed by atoms with E-state index in [2.05, 4.69) is 0 Å². The molecule has 11 heteroatoms. The number of carboxylic acids is 1. The molecule has 9 nitrogen and oxygen atoms in total. The second-order valence-electron chi connectivity index (χ2n) is 7.87. The van der Waals surface area contributed by atoms with Crippen LogP contribution in [0.25, 0.3) is 10.9 Å². The van der Waals surface area contributed by atoms with Crippen molar-refractivity contribution >= 4 is 35.0 Å². The predicted molar refractivity (Wildman–Crippen MR) is 110 cm³/mol. The molecule has 3 aliphatic rings. The number of ether oxygens (including phenoxy) is 2. The van der Waals surface area contributed by atoms with Gasteiger partial charge in [-0.3, -0.25) is 14.5 Å². The average molecular weight is 441 g/mol. The minimum atomic E-state index is -1.36. The lowest BCUT2D eigenvalue weighted by molar-refractivity contribution is 0.0126. The van der Waals surface area contributed by atoms with Crippen LogP contribution in [0.5, 0.6) is 5.75 Å². The normalized spacial score (nSPS) is 24.6. The summed E-state index contributed by atoms with van der Waals surface area (Å²) in [5, 5.41) is 11.0. The third-order valence-electron chi connectivity index (χ3n) is 6.31. The predicted octanol–water partition coefficient (Wildman–Crippen LogP) is 0.732. The molecule has 0 bridgehead atoms. The van der Waals surface area contributed by atoms with E-state index in [0.717, 1.165) is 12.5 Å². The maximum Gasteiger partial charge on any atom is 0.341 e. The largest absolute Gasteiger partial charge is 0.477 e. The fourth-order valence-electron chi connectivity index (χ4n) is 4.80. The lowest BCUT2D eigenvalue weighted by Crippen LogP contribution is -2.44. The van der Waals surface area contributed by atoms with E-state index in [9.17, 15) is 14.7 Å². The number of halogens is 2. The Morgan fingerprint density at radius 3 is 2.90 bits per heavy atom. The number of carbonyl (C=O) groups is 1. The molecule has 4 heterocycles. The molecule has 0 amide bonds. The van der Waals surface area contributed by atoms with Crippen molar-refractivity contribution in [3.63, 3.8) is 0 Å². The van der Waals surface area contributed by atoms with E-state index in [1.807, 2.05) is 4.90 Å². The van der Waals surface area contributed by atoms with Gasteiger partial charge < -0.3 is 25.2 Å². The lowest BCUT2D eigenvalue weighted by Gasteiger charge is -2.34. The average Bonchev–Trinajstić information content (AvgIpc) is 3.23. The Bertz CT molecular complexity index is 1110. The summed E-state index contributed by atoms with van der Waals surface area (Å²) in [6.45, 7) is 2.07. The summed E-state index contributed by atoms with van der Waals surface area (Å²) in [5.41, 5.74) is 4.92. The van der Waals surface area contributed by atoms with Crippen LogP contribution in [-0.2, 0) is 4.74 Å². The van der Waals surface area contributed by atoms with Gasteiger partial charge in [-0.2, -0.15) is 0 Å². The standard InChI is InChI=1S/C19H21FN4O5.ClH/c1-22-9-28-17-14-11(16(25)12(18(26)27)6-24(14)22)4-13(20)15(17)23-5-10-2-3-29-19(10,7-21)8-23;/h4,6,10H,2-3,5,7-9,21H2,1H3,(H,26,27);1H. The van der Waals surface area contributed by atoms with E-state index >= 15 is 4.39 Å². The number of benzene rings is 1. The third kappa shape index (κ3) is 2.67. The molecular weight excluding hydrogens is 419 g/mol. The van der Waals surface area contributed by atoms with Gasteiger partial charge in [0.1, 0.15) is 22.4 Å². The van der Waals surface area contributed by atoms with Gasteiger partial charge in [0, 0.05) is 45.4 Å². The number of aromatic nitrogens is 1. The second kappa shape index (κ2) is 7.00. The Hall–Kier alpha value is -2.56. The Morgan fingerprint density at radius 1 is 1.47 bits per heavy atom. The fraction of sp³-hybridized carbons (Fsp3) is 0.474. The molecule has 5 rings (SSSR count). The quantitative estimate of drug-likeness (QED) is 0.719. The Labute approximate surface area is 177 Å². The van der Waals surface area contributed by atoms with Crippen LogP contribution in [0.2, 0.25) is 0 Å². The molecule has 1 aromatic heterocycles. The molecular formula is C19H22ClFN4O5. The van der Waals surface area contributed by atoms with Crippen molar-refractivity contribution in [1.29, 1.82) is 0 Å². The van der Waals surface area contributed by atoms with Gasteiger partial charge in [0.15, 0.2) is 18.3 Å². The van der Waals surface area contributed by atoms with Crippen LogP contribution in [0.3, 0.4) is 0 Å². The van der Waals surface area contributed by atoms with Crippen LogP contribution >= 0.6 is 12.4 Å². The number of nitrogens with zero attached hydrogens (tertiary/aromatic N) is 3. The summed E-state index contributed by atoms with van der Waals surface area (Å²) < 4.78 is 28.6. The molecule has 2 saturated heterocycles. The number of hydrogen-bond acceptors (Lipinski definition) is 7. The molecule has 2 aromatic rings. The molecule has 1 aromatic carbocycles. The molecule has 3 N–H and O–H groups in total. The molecule has 0 saturated carbocycles. The highest BCUT2D eigenvalue weighted by molar-refractivity contribution is 5.97. The second-order valence-corrected chi connectivity index (χ2v) is 7.87. The molecule has 0 radical (unpaired) electrons. The number of fused-ring (bicyclic) bond motifs is 1. The van der Waals surface area contributed by atoms with Crippen LogP contribution < -0.4 is 25.8 Å². The summed E-state index contributed by atoms with van der Waals surface area (Å²) in [7, 11) is 1.69. The summed E-state index contributed by atoms with van der Waals surface area (Å²) in [5.74, 6) is -1.56. The molecule has 2 unspecified atom stereocenters. The minimum absolute atomic E-state index is 0. The van der Waals surface area contributed by atoms with Crippen molar-refractivity contribution in [3.05, 3.63) is 33.9 Å². The van der Waals surface area contributed by atoms with E-state index in [0.29, 0.717) is 31.8 Å². The Kier molecular flexibility index (Phi) is 4.83. The molecule has 2 atom stereocenters. The van der Waals surface area contributed by atoms with Gasteiger partial charge in [-0.1, -0.05) is 0 Å². The topological polar surface area (TPSA) is 110 Å². The molecule has 0 spiro atoms. The zero-order valence-corrected chi connectivity index (χ0v) is 17.1. The maximum atomic E-state index is 15.3. The highest BCUT2D eigenvalue weighted by Gasteiger charge is 2.51. The van der Waals surface area contributed by atoms with Crippen LogP contribution in [0, 0.1) is 11.7 Å². The van der Waals surface area contributed by atoms with E-state index in [4.69, 9.17) is 15.2 Å². The molecule has 162 valence electrons. The SMILES string of the molecule is CN1COc2c(N3CC4CCOC4(CN)C3)c(F)cc3c(=O)c(C(=O)O)cn1c23.Cl. The van der Waals surface area contributed by atoms with Gasteiger partial charge in [-0.25, -0.2) is 9.18 Å². The fourth-order valence-corrected chi connectivity index (χ4v) is 4.80. The van der Waals surface area contributed by atoms with Crippen molar-refractivity contribution in [3.8, 4) is 5.75 Å². The number of pyridine rings is 1. The van der Waals surface area contributed by atoms with Crippen LogP contribution in [0.4, 0.5) is 10.1 Å². The number of nitrogens with two attached hydrogens (primary N) is 1. The number of aromatic carboxylic acids is 1. The summed E-state index contributed by atoms with van der Waals surface area (Å²) in [6, 6.07) is 1.10. The first-order valence-corrected chi connectivity index (χ1v) is 9.44. The van der Waals surface area contributed by atoms with Crippen molar-refractivity contribution in [2.45, 2.75) is 12.0 Å². The first-order valence-electron chi connectivity index (χ1n) is 9.44. The van der Waals surface area contributed by atoms with Crippen molar-refractivity contribution < 1.29 is 23.8 Å². The number of anilines is 1. The van der Waals surface area contributed by atoms with E-state index in [-0.39, 0.29) is 41.9 Å². The van der Waals surface area contributed by atoms with E-state index in [1.165, 1.54) is 10.9 Å². The number of rotatable bonds is 3. The summed E-state index contributed by atoms with van der Waals surface area (Å²) in [4.78, 5) is 26.0. The van der Waals surface area contributed by atoms with Crippen molar-refractivity contribution in [1.82, 2.24) is 4.68 Å². The Balaban J connectivity index is 0.00000218. The smallest absolute Gasteiger partial charge is 0.341 e. The van der Waals surface area contributed by atoms with Gasteiger partial charge in [0.25, 0.3) is 0 Å². The van der Waals surface area contributed by atoms with Crippen LogP contribution in [0.1, 0.15) is 16.8 Å². The monoisotopic (exact) mass is 440 g/mol. The molecule has 2 fully saturated rings. The van der Waals surface area contributed by atoms with Crippen molar-refractivity contribution in [2.75, 3.05) is 49.9 Å². The van der Waals surface area contributed by atoms with E-state index in [1.54, 1.807) is 12.1 Å². The summed E-state index contributed by atoms with van der Waals surface area (Å²) >= 11 is 0. The number of hydrogen-bond donors (Lipinski definition) is 2. The first-order chi connectivity index (χ1) is 13.9. The number of carboxylic acid groups (broad SMARTS) is 1. The third-order valence-corrected chi connectivity index (χ3v) is 6.31. The van der Waals surface area contributed by atoms with E-state index < -0.39 is 28.4 Å². The summed E-state index contributed by atoms with van der Waals surface area (Å²) in [6.07, 6.45) is 2.11. The van der Waals surface area contributed by atoms with Crippen LogP contribution in [0.15, 0.2) is 17.1 Å². The zero-order valence-electron chi connectivity index (χ0n) is 16.3. The lowest BCUT2D eigenvalue weighted by atomic mass is 9.91.